The Morgan fingerprint density at radius 2 is 1.71 bits per heavy atom. The van der Waals surface area contributed by atoms with Crippen LogP contribution in [0.5, 0.6) is 5.75 Å². The van der Waals surface area contributed by atoms with E-state index in [0.717, 1.165) is 10.8 Å². The van der Waals surface area contributed by atoms with Crippen LogP contribution >= 0.6 is 0 Å². The summed E-state index contributed by atoms with van der Waals surface area (Å²) >= 11 is 0. The molecule has 2 aromatic carbocycles. The maximum absolute atomic E-state index is 12.7. The van der Waals surface area contributed by atoms with Gasteiger partial charge in [0.05, 0.1) is 12.2 Å². The lowest BCUT2D eigenvalue weighted by atomic mass is 10.1. The third kappa shape index (κ3) is 6.45. The highest BCUT2D eigenvalue weighted by Gasteiger charge is 2.59. The number of amides is 3. The van der Waals surface area contributed by atoms with E-state index in [9.17, 15) is 19.5 Å². The first kappa shape index (κ1) is 29.2. The number of hydrogen-bond acceptors (Lipinski definition) is 10. The van der Waals surface area contributed by atoms with Gasteiger partial charge in [0.15, 0.2) is 17.9 Å². The fourth-order valence-electron chi connectivity index (χ4n) is 5.10. The van der Waals surface area contributed by atoms with E-state index < -0.39 is 72.7 Å². The van der Waals surface area contributed by atoms with Crippen LogP contribution in [0.1, 0.15) is 45.0 Å². The van der Waals surface area contributed by atoms with Crippen LogP contribution in [0.3, 0.4) is 0 Å². The van der Waals surface area contributed by atoms with Crippen molar-refractivity contribution in [3.8, 4) is 5.75 Å². The predicted octanol–water partition coefficient (Wildman–Crippen LogP) is 1.22. The van der Waals surface area contributed by atoms with Crippen LogP contribution in [0, 0.1) is 0 Å². The minimum atomic E-state index is -1.02. The van der Waals surface area contributed by atoms with Crippen molar-refractivity contribution in [2.24, 2.45) is 0 Å². The van der Waals surface area contributed by atoms with Gasteiger partial charge in [-0.3, -0.25) is 25.2 Å². The van der Waals surface area contributed by atoms with E-state index >= 15 is 0 Å². The van der Waals surface area contributed by atoms with Crippen LogP contribution < -0.4 is 16.2 Å². The maximum atomic E-state index is 12.7. The van der Waals surface area contributed by atoms with Gasteiger partial charge in [0.25, 0.3) is 11.8 Å². The number of fused-ring (bicyclic) bond motifs is 2. The molecule has 0 spiro atoms. The number of phenolic OH excluding ortho intramolecular Hbond substituents is 1. The molecule has 0 saturated carbocycles. The number of aromatic hydroxyl groups is 1. The molecule has 3 aliphatic rings. The van der Waals surface area contributed by atoms with Gasteiger partial charge in [-0.05, 0) is 57.5 Å². The Labute approximate surface area is 236 Å². The van der Waals surface area contributed by atoms with Gasteiger partial charge in [-0.15, -0.1) is 0 Å². The van der Waals surface area contributed by atoms with Crippen LogP contribution in [0.4, 0.5) is 0 Å². The van der Waals surface area contributed by atoms with E-state index in [1.807, 2.05) is 12.1 Å². The lowest BCUT2D eigenvalue weighted by molar-refractivity contribution is -0.235. The molecule has 6 atom stereocenters. The summed E-state index contributed by atoms with van der Waals surface area (Å²) in [6, 6.07) is 9.19. The summed E-state index contributed by atoms with van der Waals surface area (Å²) in [5, 5.41) is 14.3. The van der Waals surface area contributed by atoms with E-state index in [2.05, 4.69) is 16.2 Å². The number of rotatable bonds is 7. The molecule has 3 fully saturated rings. The van der Waals surface area contributed by atoms with E-state index in [1.54, 1.807) is 39.8 Å². The third-order valence-electron chi connectivity index (χ3n) is 7.01. The smallest absolute Gasteiger partial charge is 0.273 e. The Balaban J connectivity index is 1.13. The molecular formula is C28H35N3O10. The highest BCUT2D eigenvalue weighted by Crippen LogP contribution is 2.41. The molecule has 0 unspecified atom stereocenters. The third-order valence-corrected chi connectivity index (χ3v) is 7.01. The van der Waals surface area contributed by atoms with Gasteiger partial charge >= 0.3 is 0 Å². The highest BCUT2D eigenvalue weighted by atomic mass is 16.8. The molecule has 3 aliphatic heterocycles. The number of hydrogen-bond donors (Lipinski definition) is 4. The molecule has 2 aromatic rings. The highest BCUT2D eigenvalue weighted by molar-refractivity contribution is 6.02. The zero-order chi connectivity index (χ0) is 29.5. The van der Waals surface area contributed by atoms with Crippen molar-refractivity contribution in [3.63, 3.8) is 0 Å². The fourth-order valence-corrected chi connectivity index (χ4v) is 5.10. The molecule has 5 rings (SSSR count). The van der Waals surface area contributed by atoms with Crippen LogP contribution in [0.15, 0.2) is 36.4 Å². The van der Waals surface area contributed by atoms with Gasteiger partial charge in [-0.1, -0.05) is 24.3 Å². The second kappa shape index (κ2) is 11.2. The number of carbonyl (C=O) groups excluding carboxylic acids is 3. The molecule has 3 saturated heterocycles. The minimum absolute atomic E-state index is 0.0120. The van der Waals surface area contributed by atoms with Crippen molar-refractivity contribution in [3.05, 3.63) is 42.0 Å². The van der Waals surface area contributed by atoms with Crippen LogP contribution in [0.25, 0.3) is 10.8 Å². The second-order valence-corrected chi connectivity index (χ2v) is 11.2. The van der Waals surface area contributed by atoms with Crippen molar-refractivity contribution in [2.75, 3.05) is 13.2 Å². The summed E-state index contributed by atoms with van der Waals surface area (Å²) in [6.07, 6.45) is -3.08. The van der Waals surface area contributed by atoms with E-state index in [-0.39, 0.29) is 17.9 Å². The van der Waals surface area contributed by atoms with E-state index in [0.29, 0.717) is 0 Å². The first-order valence-electron chi connectivity index (χ1n) is 13.4. The van der Waals surface area contributed by atoms with Crippen molar-refractivity contribution >= 4 is 28.5 Å². The van der Waals surface area contributed by atoms with Crippen LogP contribution in [-0.4, -0.2) is 84.4 Å². The normalized spacial score (nSPS) is 28.7. The molecule has 0 bridgehead atoms. The Hall–Kier alpha value is -3.33. The van der Waals surface area contributed by atoms with Crippen LogP contribution in [-0.2, 0) is 38.0 Å². The molecule has 0 radical (unpaired) electrons. The minimum Gasteiger partial charge on any atom is -0.507 e. The lowest BCUT2D eigenvalue weighted by Gasteiger charge is -2.29. The van der Waals surface area contributed by atoms with Gasteiger partial charge in [0.2, 0.25) is 5.91 Å². The van der Waals surface area contributed by atoms with Gasteiger partial charge in [0.1, 0.15) is 42.8 Å². The molecule has 0 aliphatic carbocycles. The molecule has 0 aromatic heterocycles. The summed E-state index contributed by atoms with van der Waals surface area (Å²) in [7, 11) is 0. The SMILES string of the molecule is C[C@@H](NC(=O)CO[C@@H]1[C@H]2OC(C)(C)O[C@H]2O[C@@H]1[C@H]1COC(C)(C)O1)C(=O)NNC(=O)c1cc2ccccc2cc1O. The average Bonchev–Trinajstić information content (AvgIpc) is 3.53. The number of phenols is 1. The fraction of sp³-hybridized carbons (Fsp3) is 0.536. The summed E-state index contributed by atoms with van der Waals surface area (Å²) in [5.74, 6) is -3.88. The van der Waals surface area contributed by atoms with E-state index in [1.165, 1.54) is 19.1 Å². The average molecular weight is 574 g/mol. The molecule has 3 heterocycles. The largest absolute Gasteiger partial charge is 0.507 e. The first-order chi connectivity index (χ1) is 19.3. The summed E-state index contributed by atoms with van der Waals surface area (Å²) in [4.78, 5) is 37.8. The number of carbonyl (C=O) groups is 3. The summed E-state index contributed by atoms with van der Waals surface area (Å²) in [5.41, 5.74) is 4.50. The standard InChI is InChI=1S/C28H35N3O10/c1-14(24(34)30-31-25(35)17-10-15-8-6-7-9-16(15)11-18(17)32)29-20(33)13-36-22-21(19-12-37-27(2,3)39-19)38-26-23(22)40-28(4,5)41-26/h6-11,14,19,21-23,26,32H,12-13H2,1-5H3,(H,29,33)(H,30,34)(H,31,35)/t14-,19-,21-,22+,23-,26-/m1/s1. The van der Waals surface area contributed by atoms with Crippen molar-refractivity contribution < 1.29 is 47.9 Å². The van der Waals surface area contributed by atoms with E-state index in [4.69, 9.17) is 28.4 Å². The zero-order valence-corrected chi connectivity index (χ0v) is 23.5. The number of nitrogens with one attached hydrogen (secondary N) is 3. The Morgan fingerprint density at radius 3 is 2.39 bits per heavy atom. The maximum Gasteiger partial charge on any atom is 0.273 e. The Kier molecular flexibility index (Phi) is 7.94. The Morgan fingerprint density at radius 1 is 1.00 bits per heavy atom. The molecule has 222 valence electrons. The van der Waals surface area contributed by atoms with Gasteiger partial charge < -0.3 is 38.8 Å². The van der Waals surface area contributed by atoms with Crippen LogP contribution in [0.2, 0.25) is 0 Å². The molecular weight excluding hydrogens is 538 g/mol. The second-order valence-electron chi connectivity index (χ2n) is 11.2. The number of hydrazine groups is 1. The first-order valence-corrected chi connectivity index (χ1v) is 13.4. The molecule has 3 amide bonds. The van der Waals surface area contributed by atoms with Gasteiger partial charge in [-0.2, -0.15) is 0 Å². The molecule has 41 heavy (non-hydrogen) atoms. The summed E-state index contributed by atoms with van der Waals surface area (Å²) < 4.78 is 35.4. The zero-order valence-electron chi connectivity index (χ0n) is 23.5. The lowest BCUT2D eigenvalue weighted by Crippen LogP contribution is -2.52. The predicted molar refractivity (Wildman–Crippen MR) is 142 cm³/mol. The molecule has 4 N–H and O–H groups in total. The topological polar surface area (TPSA) is 163 Å². The number of benzene rings is 2. The van der Waals surface area contributed by atoms with Crippen molar-refractivity contribution in [2.45, 2.75) is 82.9 Å². The summed E-state index contributed by atoms with van der Waals surface area (Å²) in [6.45, 7) is 8.42. The molecule has 13 heteroatoms. The monoisotopic (exact) mass is 573 g/mol. The Bertz CT molecular complexity index is 1330. The van der Waals surface area contributed by atoms with Gasteiger partial charge in [-0.25, -0.2) is 0 Å². The van der Waals surface area contributed by atoms with Crippen molar-refractivity contribution in [1.82, 2.24) is 16.2 Å². The molecule has 13 nitrogen and oxygen atoms in total. The number of ether oxygens (including phenoxy) is 6. The quantitative estimate of drug-likeness (QED) is 0.354. The van der Waals surface area contributed by atoms with Crippen molar-refractivity contribution in [1.29, 1.82) is 0 Å². The van der Waals surface area contributed by atoms with Gasteiger partial charge in [0, 0.05) is 0 Å².